The maximum atomic E-state index is 12.8. The van der Waals surface area contributed by atoms with E-state index < -0.39 is 17.8 Å². The van der Waals surface area contributed by atoms with Crippen molar-refractivity contribution < 1.29 is 19.5 Å². The molecule has 2 aromatic carbocycles. The highest BCUT2D eigenvalue weighted by molar-refractivity contribution is 5.99. The summed E-state index contributed by atoms with van der Waals surface area (Å²) in [5.41, 5.74) is 6.02. The first-order chi connectivity index (χ1) is 16.3. The van der Waals surface area contributed by atoms with E-state index in [-0.39, 0.29) is 11.7 Å². The van der Waals surface area contributed by atoms with Crippen LogP contribution in [0, 0.1) is 25.7 Å². The molecule has 3 aromatic rings. The molecule has 0 spiro atoms. The van der Waals surface area contributed by atoms with Crippen LogP contribution in [0.25, 0.3) is 11.1 Å². The lowest BCUT2D eigenvalue weighted by molar-refractivity contribution is -0.142. The Labute approximate surface area is 199 Å². The van der Waals surface area contributed by atoms with Gasteiger partial charge in [-0.2, -0.15) is 0 Å². The maximum Gasteiger partial charge on any atom is 0.307 e. The fourth-order valence-electron chi connectivity index (χ4n) is 4.78. The summed E-state index contributed by atoms with van der Waals surface area (Å²) < 4.78 is 0. The molecule has 1 aliphatic carbocycles. The van der Waals surface area contributed by atoms with Gasteiger partial charge in [0.25, 0.3) is 0 Å². The minimum atomic E-state index is -0.909. The van der Waals surface area contributed by atoms with Gasteiger partial charge in [-0.1, -0.05) is 53.9 Å². The number of rotatable bonds is 7. The number of hydrogen-bond acceptors (Lipinski definition) is 4. The van der Waals surface area contributed by atoms with Crippen molar-refractivity contribution in [1.82, 2.24) is 4.98 Å². The number of nitrogens with one attached hydrogen (secondary N) is 1. The number of nitrogens with zero attached hydrogens (tertiary/aromatic N) is 1. The van der Waals surface area contributed by atoms with Gasteiger partial charge in [0.15, 0.2) is 5.78 Å². The van der Waals surface area contributed by atoms with Gasteiger partial charge in [0, 0.05) is 23.4 Å². The van der Waals surface area contributed by atoms with Crippen LogP contribution in [0.3, 0.4) is 0 Å². The molecule has 4 rings (SSSR count). The molecule has 0 bridgehead atoms. The molecule has 1 heterocycles. The van der Waals surface area contributed by atoms with Gasteiger partial charge in [0.05, 0.1) is 12.3 Å². The standard InChI is InChI=1S/C28H28N2O4/c1-17-12-18(2)14-19(13-17)15-26(31)30-22-9-6-20(7-10-22)21-8-11-25(29-16-21)27(32)23-4-3-5-24(23)28(33)34/h6-14,16,23-24H,3-5,15H2,1-2H3,(H,30,31)(H,33,34). The van der Waals surface area contributed by atoms with Crippen LogP contribution in [0.4, 0.5) is 5.69 Å². The van der Waals surface area contributed by atoms with Crippen molar-refractivity contribution >= 4 is 23.3 Å². The Balaban J connectivity index is 1.39. The van der Waals surface area contributed by atoms with Crippen molar-refractivity contribution in [3.8, 4) is 11.1 Å². The quantitative estimate of drug-likeness (QED) is 0.475. The molecule has 6 nitrogen and oxygen atoms in total. The second kappa shape index (κ2) is 10.00. The minimum absolute atomic E-state index is 0.0751. The molecule has 34 heavy (non-hydrogen) atoms. The predicted molar refractivity (Wildman–Crippen MR) is 131 cm³/mol. The number of amides is 1. The molecule has 1 aliphatic rings. The predicted octanol–water partition coefficient (Wildman–Crippen LogP) is 5.23. The van der Waals surface area contributed by atoms with Crippen LogP contribution < -0.4 is 5.32 Å². The Hall–Kier alpha value is -3.80. The number of aliphatic carboxylic acids is 1. The lowest BCUT2D eigenvalue weighted by atomic mass is 9.90. The summed E-state index contributed by atoms with van der Waals surface area (Å²) in [6.45, 7) is 4.04. The number of carbonyl (C=O) groups excluding carboxylic acids is 2. The van der Waals surface area contributed by atoms with Gasteiger partial charge < -0.3 is 10.4 Å². The molecule has 2 N–H and O–H groups in total. The first-order valence-electron chi connectivity index (χ1n) is 11.5. The molecule has 0 saturated heterocycles. The SMILES string of the molecule is Cc1cc(C)cc(CC(=O)Nc2ccc(-c3ccc(C(=O)C4CCCC4C(=O)O)nc3)cc2)c1. The van der Waals surface area contributed by atoms with Crippen LogP contribution in [0.1, 0.15) is 46.4 Å². The zero-order chi connectivity index (χ0) is 24.2. The zero-order valence-corrected chi connectivity index (χ0v) is 19.4. The number of aryl methyl sites for hydroxylation is 2. The zero-order valence-electron chi connectivity index (χ0n) is 19.4. The van der Waals surface area contributed by atoms with Crippen LogP contribution >= 0.6 is 0 Å². The minimum Gasteiger partial charge on any atom is -0.481 e. The molecule has 2 unspecified atom stereocenters. The average Bonchev–Trinajstić information content (AvgIpc) is 3.29. The number of benzene rings is 2. The van der Waals surface area contributed by atoms with E-state index in [1.54, 1.807) is 12.3 Å². The fourth-order valence-corrected chi connectivity index (χ4v) is 4.78. The Morgan fingerprint density at radius 2 is 1.56 bits per heavy atom. The largest absolute Gasteiger partial charge is 0.481 e. The van der Waals surface area contributed by atoms with Gasteiger partial charge >= 0.3 is 5.97 Å². The number of ketones is 1. The van der Waals surface area contributed by atoms with Crippen molar-refractivity contribution in [2.75, 3.05) is 5.32 Å². The Bertz CT molecular complexity index is 1200. The van der Waals surface area contributed by atoms with Gasteiger partial charge in [-0.05, 0) is 56.0 Å². The number of anilines is 1. The van der Waals surface area contributed by atoms with E-state index in [4.69, 9.17) is 0 Å². The highest BCUT2D eigenvalue weighted by Crippen LogP contribution is 2.34. The molecule has 174 valence electrons. The number of aromatic nitrogens is 1. The molecular weight excluding hydrogens is 428 g/mol. The molecular formula is C28H28N2O4. The molecule has 0 radical (unpaired) electrons. The number of carbonyl (C=O) groups is 3. The lowest BCUT2D eigenvalue weighted by Gasteiger charge is -2.14. The molecule has 1 fully saturated rings. The van der Waals surface area contributed by atoms with Gasteiger partial charge in [-0.3, -0.25) is 19.4 Å². The van der Waals surface area contributed by atoms with E-state index in [1.165, 1.54) is 0 Å². The number of carboxylic acid groups (broad SMARTS) is 1. The summed E-state index contributed by atoms with van der Waals surface area (Å²) >= 11 is 0. The smallest absolute Gasteiger partial charge is 0.307 e. The van der Waals surface area contributed by atoms with Crippen molar-refractivity contribution in [1.29, 1.82) is 0 Å². The third-order valence-corrected chi connectivity index (χ3v) is 6.33. The Morgan fingerprint density at radius 3 is 2.18 bits per heavy atom. The van der Waals surface area contributed by atoms with Crippen molar-refractivity contribution in [2.24, 2.45) is 11.8 Å². The number of Topliss-reactive ketones (excluding diaryl/α,β-unsaturated/α-hetero) is 1. The van der Waals surface area contributed by atoms with Gasteiger partial charge in [-0.25, -0.2) is 0 Å². The number of carboxylic acids is 1. The van der Waals surface area contributed by atoms with Gasteiger partial charge in [0.2, 0.25) is 5.91 Å². The van der Waals surface area contributed by atoms with E-state index >= 15 is 0 Å². The second-order valence-corrected chi connectivity index (χ2v) is 9.08. The van der Waals surface area contributed by atoms with E-state index in [0.717, 1.165) is 34.2 Å². The van der Waals surface area contributed by atoms with E-state index in [2.05, 4.69) is 16.4 Å². The maximum absolute atomic E-state index is 12.8. The van der Waals surface area contributed by atoms with E-state index in [0.29, 0.717) is 30.6 Å². The summed E-state index contributed by atoms with van der Waals surface area (Å²) in [6, 6.07) is 17.1. The highest BCUT2D eigenvalue weighted by atomic mass is 16.4. The monoisotopic (exact) mass is 456 g/mol. The summed E-state index contributed by atoms with van der Waals surface area (Å²) in [4.78, 5) is 40.9. The van der Waals surface area contributed by atoms with Crippen LogP contribution in [0.5, 0.6) is 0 Å². The molecule has 1 saturated carbocycles. The molecule has 2 atom stereocenters. The molecule has 0 aliphatic heterocycles. The molecule has 1 amide bonds. The van der Waals surface area contributed by atoms with E-state index in [9.17, 15) is 19.5 Å². The van der Waals surface area contributed by atoms with E-state index in [1.807, 2.05) is 56.3 Å². The summed E-state index contributed by atoms with van der Waals surface area (Å²) in [5.74, 6) is -2.30. The van der Waals surface area contributed by atoms with Crippen LogP contribution in [0.2, 0.25) is 0 Å². The third kappa shape index (κ3) is 5.39. The fraction of sp³-hybridized carbons (Fsp3) is 0.286. The highest BCUT2D eigenvalue weighted by Gasteiger charge is 2.38. The number of hydrogen-bond donors (Lipinski definition) is 2. The van der Waals surface area contributed by atoms with Crippen molar-refractivity contribution in [3.63, 3.8) is 0 Å². The van der Waals surface area contributed by atoms with Crippen molar-refractivity contribution in [3.05, 3.63) is 83.2 Å². The Morgan fingerprint density at radius 1 is 0.912 bits per heavy atom. The van der Waals surface area contributed by atoms with Crippen LogP contribution in [-0.4, -0.2) is 27.8 Å². The second-order valence-electron chi connectivity index (χ2n) is 9.08. The first kappa shape index (κ1) is 23.4. The lowest BCUT2D eigenvalue weighted by Crippen LogP contribution is -2.25. The molecule has 6 heteroatoms. The first-order valence-corrected chi connectivity index (χ1v) is 11.5. The van der Waals surface area contributed by atoms with Crippen LogP contribution in [-0.2, 0) is 16.0 Å². The normalized spacial score (nSPS) is 17.4. The average molecular weight is 457 g/mol. The van der Waals surface area contributed by atoms with Crippen molar-refractivity contribution in [2.45, 2.75) is 39.5 Å². The third-order valence-electron chi connectivity index (χ3n) is 6.33. The van der Waals surface area contributed by atoms with Crippen LogP contribution in [0.15, 0.2) is 60.8 Å². The summed E-state index contributed by atoms with van der Waals surface area (Å²) in [5, 5.41) is 12.3. The summed E-state index contributed by atoms with van der Waals surface area (Å²) in [7, 11) is 0. The Kier molecular flexibility index (Phi) is 6.87. The van der Waals surface area contributed by atoms with Gasteiger partial charge in [0.1, 0.15) is 5.69 Å². The molecule has 1 aromatic heterocycles. The topological polar surface area (TPSA) is 96.4 Å². The van der Waals surface area contributed by atoms with Gasteiger partial charge in [-0.15, -0.1) is 0 Å². The number of pyridine rings is 1. The summed E-state index contributed by atoms with van der Waals surface area (Å²) in [6.07, 6.45) is 3.82.